The summed E-state index contributed by atoms with van der Waals surface area (Å²) in [6, 6.07) is 0. The third-order valence-electron chi connectivity index (χ3n) is 3.77. The van der Waals surface area contributed by atoms with Crippen molar-refractivity contribution in [1.29, 1.82) is 0 Å². The van der Waals surface area contributed by atoms with Crippen LogP contribution in [0.25, 0.3) is 0 Å². The van der Waals surface area contributed by atoms with Gasteiger partial charge in [-0.3, -0.25) is 19.4 Å². The topological polar surface area (TPSA) is 79.5 Å². The van der Waals surface area contributed by atoms with Gasteiger partial charge in [0.2, 0.25) is 17.7 Å². The standard InChI is InChI=1S/C11H11F3N4O3/c1-17-8(19)5-2-18(3-6(5)9(17)20)4-7-15-10(16-21-7)11(12,13)14/h5-6H,2-4H2,1H3/t5-,6+. The van der Waals surface area contributed by atoms with Crippen LogP contribution in [-0.2, 0) is 22.3 Å². The zero-order valence-corrected chi connectivity index (χ0v) is 10.9. The number of likely N-dealkylation sites (tertiary alicyclic amines) is 2. The number of alkyl halides is 3. The molecule has 0 N–H and O–H groups in total. The van der Waals surface area contributed by atoms with Crippen LogP contribution >= 0.6 is 0 Å². The quantitative estimate of drug-likeness (QED) is 0.723. The van der Waals surface area contributed by atoms with Crippen LogP contribution in [0.5, 0.6) is 0 Å². The van der Waals surface area contributed by atoms with E-state index in [-0.39, 0.29) is 24.2 Å². The van der Waals surface area contributed by atoms with Gasteiger partial charge in [0.05, 0.1) is 18.4 Å². The number of amides is 2. The number of carbonyl (C=O) groups is 2. The van der Waals surface area contributed by atoms with E-state index in [0.717, 1.165) is 4.90 Å². The SMILES string of the molecule is CN1C(=O)[C@H]2CN(Cc3nc(C(F)(F)F)no3)C[C@H]2C1=O. The van der Waals surface area contributed by atoms with Gasteiger partial charge >= 0.3 is 6.18 Å². The number of hydrogen-bond donors (Lipinski definition) is 0. The van der Waals surface area contributed by atoms with Crippen LogP contribution in [-0.4, -0.2) is 51.9 Å². The third-order valence-corrected chi connectivity index (χ3v) is 3.77. The first kappa shape index (κ1) is 14.0. The Hall–Kier alpha value is -1.97. The predicted molar refractivity (Wildman–Crippen MR) is 59.3 cm³/mol. The number of aromatic nitrogens is 2. The van der Waals surface area contributed by atoms with Gasteiger partial charge in [-0.15, -0.1) is 0 Å². The lowest BCUT2D eigenvalue weighted by molar-refractivity contribution is -0.146. The fourth-order valence-corrected chi connectivity index (χ4v) is 2.75. The molecule has 7 nitrogen and oxygen atoms in total. The summed E-state index contributed by atoms with van der Waals surface area (Å²) < 4.78 is 41.6. The first-order chi connectivity index (χ1) is 9.77. The molecule has 10 heteroatoms. The molecule has 21 heavy (non-hydrogen) atoms. The van der Waals surface area contributed by atoms with Gasteiger partial charge in [0.1, 0.15) is 0 Å². The Morgan fingerprint density at radius 1 is 1.24 bits per heavy atom. The second kappa shape index (κ2) is 4.52. The molecule has 3 rings (SSSR count). The molecule has 0 unspecified atom stereocenters. The van der Waals surface area contributed by atoms with Crippen molar-refractivity contribution in [3.63, 3.8) is 0 Å². The van der Waals surface area contributed by atoms with Crippen LogP contribution in [0, 0.1) is 11.8 Å². The zero-order chi connectivity index (χ0) is 15.4. The smallest absolute Gasteiger partial charge is 0.338 e. The average Bonchev–Trinajstić information content (AvgIpc) is 3.06. The summed E-state index contributed by atoms with van der Waals surface area (Å²) in [4.78, 5) is 29.7. The van der Waals surface area contributed by atoms with Crippen molar-refractivity contribution in [1.82, 2.24) is 19.9 Å². The molecule has 114 valence electrons. The van der Waals surface area contributed by atoms with Crippen LogP contribution in [0.15, 0.2) is 4.52 Å². The summed E-state index contributed by atoms with van der Waals surface area (Å²) in [6.45, 7) is 0.576. The number of carbonyl (C=O) groups excluding carboxylic acids is 2. The summed E-state index contributed by atoms with van der Waals surface area (Å²) in [6.07, 6.45) is -4.65. The van der Waals surface area contributed by atoms with Crippen LogP contribution in [0.2, 0.25) is 0 Å². The fourth-order valence-electron chi connectivity index (χ4n) is 2.75. The number of rotatable bonds is 2. The molecule has 2 aliphatic rings. The van der Waals surface area contributed by atoms with Gasteiger partial charge in [0.25, 0.3) is 5.82 Å². The Balaban J connectivity index is 1.68. The maximum atomic E-state index is 12.4. The minimum Gasteiger partial charge on any atom is -0.338 e. The number of halogens is 3. The molecule has 2 atom stereocenters. The molecular formula is C11H11F3N4O3. The van der Waals surface area contributed by atoms with Crippen molar-refractivity contribution in [3.05, 3.63) is 11.7 Å². The van der Waals surface area contributed by atoms with Crippen LogP contribution in [0.1, 0.15) is 11.7 Å². The van der Waals surface area contributed by atoms with E-state index in [9.17, 15) is 22.8 Å². The van der Waals surface area contributed by atoms with Gasteiger partial charge in [-0.2, -0.15) is 18.2 Å². The second-order valence-electron chi connectivity index (χ2n) is 5.15. The largest absolute Gasteiger partial charge is 0.455 e. The Labute approximate surface area is 116 Å². The Morgan fingerprint density at radius 3 is 2.29 bits per heavy atom. The molecular weight excluding hydrogens is 293 g/mol. The summed E-state index contributed by atoms with van der Waals surface area (Å²) >= 11 is 0. The van der Waals surface area contributed by atoms with Gasteiger partial charge in [0, 0.05) is 20.1 Å². The van der Waals surface area contributed by atoms with Crippen molar-refractivity contribution in [2.75, 3.05) is 20.1 Å². The summed E-state index contributed by atoms with van der Waals surface area (Å²) in [7, 11) is 1.43. The van der Waals surface area contributed by atoms with E-state index in [4.69, 9.17) is 0 Å². The molecule has 2 amide bonds. The summed E-state index contributed by atoms with van der Waals surface area (Å²) in [5.74, 6) is -2.90. The maximum absolute atomic E-state index is 12.4. The van der Waals surface area contributed by atoms with E-state index in [1.54, 1.807) is 4.90 Å². The van der Waals surface area contributed by atoms with E-state index < -0.39 is 23.8 Å². The molecule has 2 saturated heterocycles. The highest BCUT2D eigenvalue weighted by Gasteiger charge is 2.51. The van der Waals surface area contributed by atoms with Gasteiger partial charge in [-0.1, -0.05) is 5.16 Å². The normalized spacial score (nSPS) is 26.8. The Bertz CT molecular complexity index is 576. The molecule has 0 aliphatic carbocycles. The van der Waals surface area contributed by atoms with Crippen molar-refractivity contribution in [3.8, 4) is 0 Å². The maximum Gasteiger partial charge on any atom is 0.455 e. The number of imide groups is 1. The Morgan fingerprint density at radius 2 is 1.81 bits per heavy atom. The van der Waals surface area contributed by atoms with Gasteiger partial charge in [-0.25, -0.2) is 0 Å². The molecule has 0 aromatic carbocycles. The van der Waals surface area contributed by atoms with Crippen molar-refractivity contribution >= 4 is 11.8 Å². The third kappa shape index (κ3) is 2.28. The minimum absolute atomic E-state index is 0.0135. The van der Waals surface area contributed by atoms with Crippen LogP contribution < -0.4 is 0 Å². The van der Waals surface area contributed by atoms with Crippen LogP contribution in [0.3, 0.4) is 0 Å². The fraction of sp³-hybridized carbons (Fsp3) is 0.636. The molecule has 0 saturated carbocycles. The van der Waals surface area contributed by atoms with Crippen molar-refractivity contribution < 1.29 is 27.3 Å². The van der Waals surface area contributed by atoms with Gasteiger partial charge in [-0.05, 0) is 0 Å². The molecule has 3 heterocycles. The predicted octanol–water partition coefficient (Wildman–Crippen LogP) is 0.135. The number of nitrogens with zero attached hydrogens (tertiary/aromatic N) is 4. The molecule has 1 aromatic heterocycles. The number of fused-ring (bicyclic) bond motifs is 1. The van der Waals surface area contributed by atoms with Gasteiger partial charge in [0.15, 0.2) is 0 Å². The van der Waals surface area contributed by atoms with Gasteiger partial charge < -0.3 is 4.52 Å². The lowest BCUT2D eigenvalue weighted by Crippen LogP contribution is -2.33. The average molecular weight is 304 g/mol. The summed E-state index contributed by atoms with van der Waals surface area (Å²) in [5, 5.41) is 2.86. The summed E-state index contributed by atoms with van der Waals surface area (Å²) in [5.41, 5.74) is 0. The second-order valence-corrected chi connectivity index (χ2v) is 5.15. The molecule has 2 aliphatic heterocycles. The van der Waals surface area contributed by atoms with Crippen molar-refractivity contribution in [2.24, 2.45) is 11.8 Å². The minimum atomic E-state index is -4.65. The van der Waals surface area contributed by atoms with Crippen LogP contribution in [0.4, 0.5) is 13.2 Å². The highest BCUT2D eigenvalue weighted by Crippen LogP contribution is 2.33. The van der Waals surface area contributed by atoms with E-state index in [0.29, 0.717) is 13.1 Å². The zero-order valence-electron chi connectivity index (χ0n) is 10.9. The lowest BCUT2D eigenvalue weighted by atomic mass is 10.00. The molecule has 1 aromatic rings. The molecule has 2 fully saturated rings. The van der Waals surface area contributed by atoms with Crippen molar-refractivity contribution in [2.45, 2.75) is 12.7 Å². The Kier molecular flexibility index (Phi) is 3.01. The van der Waals surface area contributed by atoms with E-state index >= 15 is 0 Å². The van der Waals surface area contributed by atoms with E-state index in [1.165, 1.54) is 7.05 Å². The van der Waals surface area contributed by atoms with E-state index in [1.807, 2.05) is 0 Å². The monoisotopic (exact) mass is 304 g/mol. The lowest BCUT2D eigenvalue weighted by Gasteiger charge is -2.16. The van der Waals surface area contributed by atoms with E-state index in [2.05, 4.69) is 14.7 Å². The highest BCUT2D eigenvalue weighted by atomic mass is 19.4. The first-order valence-electron chi connectivity index (χ1n) is 6.21. The number of hydrogen-bond acceptors (Lipinski definition) is 6. The highest BCUT2D eigenvalue weighted by molar-refractivity contribution is 6.05. The molecule has 0 radical (unpaired) electrons. The molecule has 0 bridgehead atoms. The molecule has 0 spiro atoms. The first-order valence-corrected chi connectivity index (χ1v) is 6.21.